The third-order valence-electron chi connectivity index (χ3n) is 2.96. The Bertz CT molecular complexity index is 604. The van der Waals surface area contributed by atoms with Gasteiger partial charge in [0.15, 0.2) is 0 Å². The Kier molecular flexibility index (Phi) is 3.73. The summed E-state index contributed by atoms with van der Waals surface area (Å²) in [6, 6.07) is 5.51. The molecule has 0 spiro atoms. The number of benzene rings is 1. The number of carbonyl (C=O) groups is 1. The zero-order valence-electron chi connectivity index (χ0n) is 10.5. The van der Waals surface area contributed by atoms with Crippen LogP contribution < -0.4 is 5.32 Å². The highest BCUT2D eigenvalue weighted by Gasteiger charge is 2.12. The molecule has 2 nitrogen and oxygen atoms in total. The van der Waals surface area contributed by atoms with E-state index >= 15 is 0 Å². The van der Waals surface area contributed by atoms with Crippen LogP contribution in [0.4, 0.5) is 5.69 Å². The molecule has 94 valence electrons. The Balaban J connectivity index is 2.21. The van der Waals surface area contributed by atoms with Gasteiger partial charge >= 0.3 is 0 Å². The van der Waals surface area contributed by atoms with Crippen LogP contribution in [-0.4, -0.2) is 5.91 Å². The molecule has 0 saturated carbocycles. The maximum Gasteiger partial charge on any atom is 0.256 e. The van der Waals surface area contributed by atoms with Crippen LogP contribution in [0.5, 0.6) is 0 Å². The van der Waals surface area contributed by atoms with Crippen LogP contribution in [0.3, 0.4) is 0 Å². The molecule has 18 heavy (non-hydrogen) atoms. The van der Waals surface area contributed by atoms with Gasteiger partial charge in [0.1, 0.15) is 0 Å². The quantitative estimate of drug-likeness (QED) is 0.857. The first kappa shape index (κ1) is 13.1. The SMILES string of the molecule is Cc1ccc(NC(=O)c2csc(C)c2C)cc1Cl. The summed E-state index contributed by atoms with van der Waals surface area (Å²) in [6.07, 6.45) is 0. The van der Waals surface area contributed by atoms with Gasteiger partial charge in [-0.25, -0.2) is 0 Å². The lowest BCUT2D eigenvalue weighted by atomic mass is 10.1. The van der Waals surface area contributed by atoms with Gasteiger partial charge in [0.05, 0.1) is 5.56 Å². The molecule has 0 fully saturated rings. The molecule has 2 aromatic rings. The van der Waals surface area contributed by atoms with Crippen LogP contribution in [-0.2, 0) is 0 Å². The number of aryl methyl sites for hydroxylation is 2. The second-order valence-electron chi connectivity index (χ2n) is 4.25. The average Bonchev–Trinajstić information content (AvgIpc) is 2.65. The minimum absolute atomic E-state index is 0.0863. The van der Waals surface area contributed by atoms with Crippen molar-refractivity contribution in [3.8, 4) is 0 Å². The fourth-order valence-electron chi connectivity index (χ4n) is 1.61. The van der Waals surface area contributed by atoms with Crippen molar-refractivity contribution in [2.24, 2.45) is 0 Å². The molecule has 0 aliphatic rings. The first-order valence-electron chi connectivity index (χ1n) is 5.61. The summed E-state index contributed by atoms with van der Waals surface area (Å²) >= 11 is 7.62. The van der Waals surface area contributed by atoms with Crippen molar-refractivity contribution in [1.29, 1.82) is 0 Å². The number of hydrogen-bond acceptors (Lipinski definition) is 2. The minimum atomic E-state index is -0.0863. The predicted molar refractivity (Wildman–Crippen MR) is 77.9 cm³/mol. The summed E-state index contributed by atoms with van der Waals surface area (Å²) in [6.45, 7) is 5.91. The van der Waals surface area contributed by atoms with Crippen LogP contribution in [0.25, 0.3) is 0 Å². The molecule has 0 unspecified atom stereocenters. The molecule has 0 atom stereocenters. The molecule has 2 rings (SSSR count). The van der Waals surface area contributed by atoms with E-state index in [2.05, 4.69) is 5.32 Å². The molecular formula is C14H14ClNOS. The van der Waals surface area contributed by atoms with E-state index in [-0.39, 0.29) is 5.91 Å². The number of halogens is 1. The molecule has 1 aromatic carbocycles. The van der Waals surface area contributed by atoms with Crippen molar-refractivity contribution in [3.05, 3.63) is 50.2 Å². The van der Waals surface area contributed by atoms with E-state index in [9.17, 15) is 4.79 Å². The maximum atomic E-state index is 12.1. The minimum Gasteiger partial charge on any atom is -0.322 e. The first-order valence-corrected chi connectivity index (χ1v) is 6.87. The number of hydrogen-bond donors (Lipinski definition) is 1. The van der Waals surface area contributed by atoms with E-state index in [1.54, 1.807) is 17.4 Å². The Morgan fingerprint density at radius 3 is 2.56 bits per heavy atom. The summed E-state index contributed by atoms with van der Waals surface area (Å²) in [5.74, 6) is -0.0863. The summed E-state index contributed by atoms with van der Waals surface area (Å²) in [5, 5.41) is 5.41. The molecule has 1 N–H and O–H groups in total. The Hall–Kier alpha value is -1.32. The van der Waals surface area contributed by atoms with E-state index in [4.69, 9.17) is 11.6 Å². The van der Waals surface area contributed by atoms with Crippen molar-refractivity contribution >= 4 is 34.5 Å². The standard InChI is InChI=1S/C14H14ClNOS/c1-8-4-5-11(6-13(8)15)16-14(17)12-7-18-10(3)9(12)2/h4-7H,1-3H3,(H,16,17). The smallest absolute Gasteiger partial charge is 0.256 e. The number of carbonyl (C=O) groups excluding carboxylic acids is 1. The largest absolute Gasteiger partial charge is 0.322 e. The van der Waals surface area contributed by atoms with Gasteiger partial charge in [0, 0.05) is 21.0 Å². The lowest BCUT2D eigenvalue weighted by molar-refractivity contribution is 0.102. The van der Waals surface area contributed by atoms with Gasteiger partial charge < -0.3 is 5.32 Å². The molecular weight excluding hydrogens is 266 g/mol. The topological polar surface area (TPSA) is 29.1 Å². The number of thiophene rings is 1. The molecule has 0 radical (unpaired) electrons. The van der Waals surface area contributed by atoms with Crippen LogP contribution in [0, 0.1) is 20.8 Å². The third-order valence-corrected chi connectivity index (χ3v) is 4.38. The van der Waals surface area contributed by atoms with Crippen molar-refractivity contribution in [2.45, 2.75) is 20.8 Å². The molecule has 0 aliphatic carbocycles. The number of anilines is 1. The number of amides is 1. The van der Waals surface area contributed by atoms with Gasteiger partial charge in [-0.3, -0.25) is 4.79 Å². The highest BCUT2D eigenvalue weighted by molar-refractivity contribution is 7.10. The highest BCUT2D eigenvalue weighted by Crippen LogP contribution is 2.23. The second-order valence-corrected chi connectivity index (χ2v) is 5.74. The fourth-order valence-corrected chi connectivity index (χ4v) is 2.65. The van der Waals surface area contributed by atoms with Crippen molar-refractivity contribution < 1.29 is 4.79 Å². The van der Waals surface area contributed by atoms with Crippen molar-refractivity contribution in [3.63, 3.8) is 0 Å². The lowest BCUT2D eigenvalue weighted by Gasteiger charge is -2.06. The molecule has 1 amide bonds. The monoisotopic (exact) mass is 279 g/mol. The molecule has 1 heterocycles. The Morgan fingerprint density at radius 2 is 2.00 bits per heavy atom. The van der Waals surface area contributed by atoms with Gasteiger partial charge in [-0.1, -0.05) is 17.7 Å². The van der Waals surface area contributed by atoms with Gasteiger partial charge in [-0.2, -0.15) is 0 Å². The zero-order chi connectivity index (χ0) is 13.3. The zero-order valence-corrected chi connectivity index (χ0v) is 12.1. The normalized spacial score (nSPS) is 10.4. The number of nitrogens with one attached hydrogen (secondary N) is 1. The Labute approximate surface area is 116 Å². The maximum absolute atomic E-state index is 12.1. The Morgan fingerprint density at radius 1 is 1.28 bits per heavy atom. The van der Waals surface area contributed by atoms with E-state index in [0.29, 0.717) is 5.02 Å². The molecule has 0 aliphatic heterocycles. The summed E-state index contributed by atoms with van der Waals surface area (Å²) in [5.41, 5.74) is 3.49. The summed E-state index contributed by atoms with van der Waals surface area (Å²) < 4.78 is 0. The summed E-state index contributed by atoms with van der Waals surface area (Å²) in [4.78, 5) is 13.3. The molecule has 0 bridgehead atoms. The van der Waals surface area contributed by atoms with Gasteiger partial charge in [-0.15, -0.1) is 11.3 Å². The van der Waals surface area contributed by atoms with Crippen LogP contribution >= 0.6 is 22.9 Å². The predicted octanol–water partition coefficient (Wildman–Crippen LogP) is 4.58. The highest BCUT2D eigenvalue weighted by atomic mass is 35.5. The van der Waals surface area contributed by atoms with Crippen LogP contribution in [0.1, 0.15) is 26.4 Å². The van der Waals surface area contributed by atoms with E-state index in [1.807, 2.05) is 38.3 Å². The van der Waals surface area contributed by atoms with Crippen molar-refractivity contribution in [1.82, 2.24) is 0 Å². The van der Waals surface area contributed by atoms with E-state index in [1.165, 1.54) is 4.88 Å². The molecule has 0 saturated heterocycles. The summed E-state index contributed by atoms with van der Waals surface area (Å²) in [7, 11) is 0. The molecule has 1 aromatic heterocycles. The van der Waals surface area contributed by atoms with E-state index < -0.39 is 0 Å². The lowest BCUT2D eigenvalue weighted by Crippen LogP contribution is -2.12. The van der Waals surface area contributed by atoms with Gasteiger partial charge in [-0.05, 0) is 44.0 Å². The first-order chi connectivity index (χ1) is 8.49. The van der Waals surface area contributed by atoms with Gasteiger partial charge in [0.25, 0.3) is 5.91 Å². The number of rotatable bonds is 2. The van der Waals surface area contributed by atoms with Crippen LogP contribution in [0.15, 0.2) is 23.6 Å². The van der Waals surface area contributed by atoms with E-state index in [0.717, 1.165) is 22.4 Å². The molecule has 4 heteroatoms. The van der Waals surface area contributed by atoms with Crippen molar-refractivity contribution in [2.75, 3.05) is 5.32 Å². The van der Waals surface area contributed by atoms with Crippen LogP contribution in [0.2, 0.25) is 5.02 Å². The second kappa shape index (κ2) is 5.12. The van der Waals surface area contributed by atoms with Gasteiger partial charge in [0.2, 0.25) is 0 Å². The fraction of sp³-hybridized carbons (Fsp3) is 0.214. The average molecular weight is 280 g/mol. The third kappa shape index (κ3) is 2.57.